The van der Waals surface area contributed by atoms with Crippen LogP contribution >= 0.6 is 0 Å². The van der Waals surface area contributed by atoms with Crippen molar-refractivity contribution in [3.05, 3.63) is 71.8 Å². The molecule has 0 spiro atoms. The number of anilines is 2. The van der Waals surface area contributed by atoms with Crippen LogP contribution in [-0.4, -0.2) is 34.1 Å². The van der Waals surface area contributed by atoms with E-state index in [9.17, 15) is 9.90 Å². The lowest BCUT2D eigenvalue weighted by molar-refractivity contribution is 0.0996. The van der Waals surface area contributed by atoms with Gasteiger partial charge in [0.05, 0.1) is 17.6 Å². The van der Waals surface area contributed by atoms with Crippen LogP contribution in [0.5, 0.6) is 5.75 Å². The molecule has 3 heterocycles. The predicted octanol–water partition coefficient (Wildman–Crippen LogP) is 5.09. The number of fused-ring (bicyclic) bond motifs is 2. The highest BCUT2D eigenvalue weighted by molar-refractivity contribution is 6.10. The Hall–Kier alpha value is -3.80. The van der Waals surface area contributed by atoms with Gasteiger partial charge in [-0.1, -0.05) is 0 Å². The lowest BCUT2D eigenvalue weighted by Gasteiger charge is -2.29. The molecule has 1 saturated heterocycles. The largest absolute Gasteiger partial charge is 0.508 e. The molecule has 32 heavy (non-hydrogen) atoms. The average molecular weight is 425 g/mol. The highest BCUT2D eigenvalue weighted by Gasteiger charge is 2.29. The van der Waals surface area contributed by atoms with Gasteiger partial charge in [0.2, 0.25) is 0 Å². The number of nitrogens with one attached hydrogen (secondary N) is 1. The number of hydrogen-bond acceptors (Lipinski definition) is 4. The van der Waals surface area contributed by atoms with Crippen LogP contribution in [0.15, 0.2) is 60.7 Å². The first-order valence-corrected chi connectivity index (χ1v) is 11.1. The van der Waals surface area contributed by atoms with Crippen molar-refractivity contribution in [2.24, 2.45) is 0 Å². The van der Waals surface area contributed by atoms with E-state index < -0.39 is 0 Å². The summed E-state index contributed by atoms with van der Waals surface area (Å²) in [6.45, 7) is 2.77. The molecule has 1 fully saturated rings. The molecule has 1 amide bonds. The highest BCUT2D eigenvalue weighted by atomic mass is 16.3. The minimum Gasteiger partial charge on any atom is -0.508 e. The molecule has 2 aliphatic heterocycles. The summed E-state index contributed by atoms with van der Waals surface area (Å²) in [4.78, 5) is 25.4. The van der Waals surface area contributed by atoms with E-state index in [0.29, 0.717) is 6.54 Å². The first-order chi connectivity index (χ1) is 15.7. The minimum atomic E-state index is 0.0406. The van der Waals surface area contributed by atoms with Crippen molar-refractivity contribution in [2.45, 2.75) is 25.8 Å². The number of rotatable bonds is 3. The van der Waals surface area contributed by atoms with Crippen LogP contribution in [0.25, 0.3) is 22.4 Å². The quantitative estimate of drug-likeness (QED) is 0.481. The van der Waals surface area contributed by atoms with Gasteiger partial charge in [-0.25, -0.2) is 4.98 Å². The van der Waals surface area contributed by atoms with Gasteiger partial charge >= 0.3 is 0 Å². The maximum atomic E-state index is 13.1. The van der Waals surface area contributed by atoms with Crippen molar-refractivity contribution >= 4 is 28.3 Å². The van der Waals surface area contributed by atoms with E-state index >= 15 is 0 Å². The van der Waals surface area contributed by atoms with Gasteiger partial charge in [0, 0.05) is 35.6 Å². The number of aromatic amines is 1. The summed E-state index contributed by atoms with van der Waals surface area (Å²) in [5.74, 6) is 1.00. The van der Waals surface area contributed by atoms with Gasteiger partial charge in [-0.2, -0.15) is 0 Å². The molecule has 160 valence electrons. The van der Waals surface area contributed by atoms with E-state index in [1.54, 1.807) is 12.1 Å². The summed E-state index contributed by atoms with van der Waals surface area (Å²) in [7, 11) is 0. The molecule has 0 atom stereocenters. The Morgan fingerprint density at radius 3 is 2.47 bits per heavy atom. The van der Waals surface area contributed by atoms with E-state index in [1.165, 1.54) is 24.9 Å². The maximum absolute atomic E-state index is 13.1. The Balaban J connectivity index is 1.29. The van der Waals surface area contributed by atoms with Crippen LogP contribution in [0.3, 0.4) is 0 Å². The standard InChI is InChI=1S/C26H24N4O2/c31-21-8-4-17(5-9-21)25-27-23-11-7-20(15-24(23)28-25)30-16-18-14-19(6-10-22(18)26(30)32)29-12-2-1-3-13-29/h4-11,14-15,31H,1-3,12-13,16H2,(H,27,28). The van der Waals surface area contributed by atoms with E-state index in [1.807, 2.05) is 41.3 Å². The summed E-state index contributed by atoms with van der Waals surface area (Å²) >= 11 is 0. The lowest BCUT2D eigenvalue weighted by Crippen LogP contribution is -2.29. The van der Waals surface area contributed by atoms with Crippen LogP contribution in [0.4, 0.5) is 11.4 Å². The Labute approximate surface area is 186 Å². The number of nitrogens with zero attached hydrogens (tertiary/aromatic N) is 3. The van der Waals surface area contributed by atoms with Crippen LogP contribution in [0.2, 0.25) is 0 Å². The normalized spacial score (nSPS) is 16.1. The molecule has 6 heteroatoms. The van der Waals surface area contributed by atoms with Gasteiger partial charge < -0.3 is 19.9 Å². The van der Waals surface area contributed by atoms with E-state index in [2.05, 4.69) is 22.0 Å². The first kappa shape index (κ1) is 18.9. The number of amides is 1. The molecule has 2 aliphatic rings. The lowest BCUT2D eigenvalue weighted by atomic mass is 10.1. The van der Waals surface area contributed by atoms with Crippen molar-refractivity contribution in [2.75, 3.05) is 22.9 Å². The summed E-state index contributed by atoms with van der Waals surface area (Å²) in [6.07, 6.45) is 3.77. The second-order valence-corrected chi connectivity index (χ2v) is 8.61. The van der Waals surface area contributed by atoms with Gasteiger partial charge in [-0.15, -0.1) is 0 Å². The molecule has 6 nitrogen and oxygen atoms in total. The second kappa shape index (κ2) is 7.41. The third-order valence-corrected chi connectivity index (χ3v) is 6.53. The third-order valence-electron chi connectivity index (χ3n) is 6.53. The van der Waals surface area contributed by atoms with E-state index in [-0.39, 0.29) is 11.7 Å². The van der Waals surface area contributed by atoms with Gasteiger partial charge in [0.1, 0.15) is 11.6 Å². The molecule has 4 aromatic rings. The molecule has 0 unspecified atom stereocenters. The van der Waals surface area contributed by atoms with Crippen molar-refractivity contribution < 1.29 is 9.90 Å². The molecule has 2 N–H and O–H groups in total. The fourth-order valence-electron chi connectivity index (χ4n) is 4.78. The number of imidazole rings is 1. The van der Waals surface area contributed by atoms with Gasteiger partial charge in [-0.05, 0) is 85.5 Å². The van der Waals surface area contributed by atoms with Crippen LogP contribution < -0.4 is 9.80 Å². The number of H-pyrrole nitrogens is 1. The number of phenolic OH excluding ortho intramolecular Hbond substituents is 1. The number of aromatic nitrogens is 2. The predicted molar refractivity (Wildman–Crippen MR) is 126 cm³/mol. The number of benzene rings is 3. The summed E-state index contributed by atoms with van der Waals surface area (Å²) in [5, 5.41) is 9.52. The number of hydrogen-bond donors (Lipinski definition) is 2. The molecule has 3 aromatic carbocycles. The molecule has 0 saturated carbocycles. The smallest absolute Gasteiger partial charge is 0.258 e. The van der Waals surface area contributed by atoms with Gasteiger partial charge in [0.15, 0.2) is 0 Å². The minimum absolute atomic E-state index is 0.0406. The number of aromatic hydroxyl groups is 1. The third kappa shape index (κ3) is 3.19. The van der Waals surface area contributed by atoms with Crippen LogP contribution in [0, 0.1) is 0 Å². The molecular weight excluding hydrogens is 400 g/mol. The Kier molecular flexibility index (Phi) is 4.38. The second-order valence-electron chi connectivity index (χ2n) is 8.61. The molecule has 0 radical (unpaired) electrons. The fraction of sp³-hybridized carbons (Fsp3) is 0.231. The topological polar surface area (TPSA) is 72.5 Å². The van der Waals surface area contributed by atoms with Crippen LogP contribution in [-0.2, 0) is 6.54 Å². The zero-order chi connectivity index (χ0) is 21.7. The maximum Gasteiger partial charge on any atom is 0.258 e. The molecule has 0 aliphatic carbocycles. The van der Waals surface area contributed by atoms with Crippen molar-refractivity contribution in [1.82, 2.24) is 9.97 Å². The summed E-state index contributed by atoms with van der Waals surface area (Å²) < 4.78 is 0. The van der Waals surface area contributed by atoms with Crippen molar-refractivity contribution in [3.8, 4) is 17.1 Å². The van der Waals surface area contributed by atoms with Crippen molar-refractivity contribution in [1.29, 1.82) is 0 Å². The highest BCUT2D eigenvalue weighted by Crippen LogP contribution is 2.33. The average Bonchev–Trinajstić information content (AvgIpc) is 3.40. The fourth-order valence-corrected chi connectivity index (χ4v) is 4.78. The number of phenols is 1. The van der Waals surface area contributed by atoms with Gasteiger partial charge in [-0.3, -0.25) is 4.79 Å². The number of carbonyl (C=O) groups excluding carboxylic acids is 1. The van der Waals surface area contributed by atoms with Gasteiger partial charge in [0.25, 0.3) is 5.91 Å². The zero-order valence-electron chi connectivity index (χ0n) is 17.7. The van der Waals surface area contributed by atoms with E-state index in [0.717, 1.165) is 52.3 Å². The summed E-state index contributed by atoms with van der Waals surface area (Å²) in [6, 6.07) is 19.1. The Morgan fingerprint density at radius 2 is 1.66 bits per heavy atom. The summed E-state index contributed by atoms with van der Waals surface area (Å²) in [5.41, 5.74) is 6.57. The van der Waals surface area contributed by atoms with Crippen LogP contribution in [0.1, 0.15) is 35.2 Å². The molecule has 0 bridgehead atoms. The molecular formula is C26H24N4O2. The number of carbonyl (C=O) groups is 1. The molecule has 1 aromatic heterocycles. The first-order valence-electron chi connectivity index (χ1n) is 11.1. The number of piperidine rings is 1. The zero-order valence-corrected chi connectivity index (χ0v) is 17.7. The monoisotopic (exact) mass is 424 g/mol. The van der Waals surface area contributed by atoms with E-state index in [4.69, 9.17) is 4.98 Å². The van der Waals surface area contributed by atoms with Crippen molar-refractivity contribution in [3.63, 3.8) is 0 Å². The Bertz CT molecular complexity index is 1320. The SMILES string of the molecule is O=C1c2ccc(N3CCCCC3)cc2CN1c1ccc2[nH]c(-c3ccc(O)cc3)nc2c1. The molecule has 6 rings (SSSR count). The Morgan fingerprint density at radius 1 is 0.875 bits per heavy atom.